The van der Waals surface area contributed by atoms with Gasteiger partial charge in [-0.15, -0.1) is 0 Å². The molecule has 0 fully saturated rings. The van der Waals surface area contributed by atoms with Crippen LogP contribution >= 0.6 is 0 Å². The Morgan fingerprint density at radius 1 is 1.69 bits per heavy atom. The first-order valence-electron chi connectivity index (χ1n) is 5.26. The number of aromatic nitrogens is 2. The first kappa shape index (κ1) is 12.7. The molecule has 0 unspecified atom stereocenters. The van der Waals surface area contributed by atoms with Gasteiger partial charge in [-0.25, -0.2) is 5.84 Å². The SMILES string of the molecule is CCc1cc(C(=NCCOC)NN)n(C)n1. The van der Waals surface area contributed by atoms with Crippen molar-refractivity contribution in [2.24, 2.45) is 17.9 Å². The van der Waals surface area contributed by atoms with Crippen LogP contribution < -0.4 is 11.3 Å². The van der Waals surface area contributed by atoms with Crippen molar-refractivity contribution in [1.29, 1.82) is 0 Å². The van der Waals surface area contributed by atoms with Gasteiger partial charge in [-0.05, 0) is 12.5 Å². The van der Waals surface area contributed by atoms with Crippen LogP contribution in [0.15, 0.2) is 11.1 Å². The van der Waals surface area contributed by atoms with Crippen molar-refractivity contribution in [2.45, 2.75) is 13.3 Å². The van der Waals surface area contributed by atoms with Gasteiger partial charge < -0.3 is 10.2 Å². The van der Waals surface area contributed by atoms with Gasteiger partial charge in [-0.3, -0.25) is 9.67 Å². The monoisotopic (exact) mass is 225 g/mol. The quantitative estimate of drug-likeness (QED) is 0.240. The number of hydrogen-bond acceptors (Lipinski definition) is 4. The number of aliphatic imine (C=N–C) groups is 1. The topological polar surface area (TPSA) is 77.5 Å². The second kappa shape index (κ2) is 6.24. The molecule has 1 heterocycles. The Labute approximate surface area is 95.5 Å². The van der Waals surface area contributed by atoms with E-state index >= 15 is 0 Å². The van der Waals surface area contributed by atoms with Crippen LogP contribution in [0.3, 0.4) is 0 Å². The third-order valence-corrected chi connectivity index (χ3v) is 2.24. The number of hydrogen-bond donors (Lipinski definition) is 2. The third-order valence-electron chi connectivity index (χ3n) is 2.24. The molecule has 0 aliphatic rings. The largest absolute Gasteiger partial charge is 0.383 e. The van der Waals surface area contributed by atoms with E-state index in [0.29, 0.717) is 19.0 Å². The number of aryl methyl sites for hydroxylation is 2. The van der Waals surface area contributed by atoms with E-state index in [2.05, 4.69) is 22.4 Å². The lowest BCUT2D eigenvalue weighted by Crippen LogP contribution is -2.33. The average Bonchev–Trinajstić information content (AvgIpc) is 2.66. The van der Waals surface area contributed by atoms with Crippen molar-refractivity contribution >= 4 is 5.84 Å². The zero-order valence-electron chi connectivity index (χ0n) is 10.0. The van der Waals surface area contributed by atoms with Gasteiger partial charge in [0.05, 0.1) is 18.8 Å². The van der Waals surface area contributed by atoms with Gasteiger partial charge in [-0.2, -0.15) is 5.10 Å². The van der Waals surface area contributed by atoms with Crippen molar-refractivity contribution in [3.8, 4) is 0 Å². The number of nitrogens with one attached hydrogen (secondary N) is 1. The highest BCUT2D eigenvalue weighted by Gasteiger charge is 2.09. The Bertz CT molecular complexity index is 358. The molecule has 1 aromatic rings. The van der Waals surface area contributed by atoms with Crippen molar-refractivity contribution in [1.82, 2.24) is 15.2 Å². The molecular formula is C10H19N5O. The minimum atomic E-state index is 0.572. The number of hydrazine groups is 1. The highest BCUT2D eigenvalue weighted by atomic mass is 16.5. The molecule has 16 heavy (non-hydrogen) atoms. The molecule has 0 aliphatic carbocycles. The lowest BCUT2D eigenvalue weighted by atomic mass is 10.3. The van der Waals surface area contributed by atoms with E-state index < -0.39 is 0 Å². The van der Waals surface area contributed by atoms with Crippen LogP contribution in [0.1, 0.15) is 18.3 Å². The second-order valence-corrected chi connectivity index (χ2v) is 3.37. The molecule has 0 saturated heterocycles. The molecule has 0 aliphatic heterocycles. The molecule has 0 radical (unpaired) electrons. The summed E-state index contributed by atoms with van der Waals surface area (Å²) in [5.74, 6) is 6.08. The van der Waals surface area contributed by atoms with Gasteiger partial charge in [0.2, 0.25) is 0 Å². The summed E-state index contributed by atoms with van der Waals surface area (Å²) in [4.78, 5) is 4.31. The van der Waals surface area contributed by atoms with Gasteiger partial charge in [0.25, 0.3) is 0 Å². The molecule has 1 rings (SSSR count). The molecule has 0 spiro atoms. The van der Waals surface area contributed by atoms with E-state index in [1.54, 1.807) is 11.8 Å². The Morgan fingerprint density at radius 2 is 2.44 bits per heavy atom. The highest BCUT2D eigenvalue weighted by Crippen LogP contribution is 2.04. The van der Waals surface area contributed by atoms with Gasteiger partial charge in [0.15, 0.2) is 5.84 Å². The zero-order chi connectivity index (χ0) is 12.0. The summed E-state index contributed by atoms with van der Waals surface area (Å²) < 4.78 is 6.70. The molecular weight excluding hydrogens is 206 g/mol. The van der Waals surface area contributed by atoms with Crippen molar-refractivity contribution in [3.63, 3.8) is 0 Å². The molecule has 6 heteroatoms. The molecule has 0 atom stereocenters. The van der Waals surface area contributed by atoms with Crippen LogP contribution in [0.4, 0.5) is 0 Å². The Kier molecular flexibility index (Phi) is 4.94. The first-order chi connectivity index (χ1) is 7.72. The van der Waals surface area contributed by atoms with Crippen LogP contribution in [0.2, 0.25) is 0 Å². The number of nitrogens with zero attached hydrogens (tertiary/aromatic N) is 3. The number of nitrogens with two attached hydrogens (primary N) is 1. The summed E-state index contributed by atoms with van der Waals surface area (Å²) >= 11 is 0. The average molecular weight is 225 g/mol. The molecule has 1 aromatic heterocycles. The number of rotatable bonds is 5. The summed E-state index contributed by atoms with van der Waals surface area (Å²) in [6.07, 6.45) is 0.893. The van der Waals surface area contributed by atoms with E-state index in [9.17, 15) is 0 Å². The van der Waals surface area contributed by atoms with Crippen molar-refractivity contribution < 1.29 is 4.74 Å². The number of methoxy groups -OCH3 is 1. The Balaban J connectivity index is 2.85. The third kappa shape index (κ3) is 3.04. The maximum Gasteiger partial charge on any atom is 0.161 e. The van der Waals surface area contributed by atoms with E-state index in [4.69, 9.17) is 10.6 Å². The summed E-state index contributed by atoms with van der Waals surface area (Å²) in [6, 6.07) is 1.98. The van der Waals surface area contributed by atoms with Crippen LogP contribution in [0.5, 0.6) is 0 Å². The summed E-state index contributed by atoms with van der Waals surface area (Å²) in [5.41, 5.74) is 4.49. The van der Waals surface area contributed by atoms with E-state index in [1.807, 2.05) is 13.1 Å². The lowest BCUT2D eigenvalue weighted by molar-refractivity contribution is 0.208. The fourth-order valence-electron chi connectivity index (χ4n) is 1.37. The summed E-state index contributed by atoms with van der Waals surface area (Å²) in [5, 5.41) is 4.34. The molecule has 0 saturated carbocycles. The minimum absolute atomic E-state index is 0.572. The molecule has 0 aromatic carbocycles. The highest BCUT2D eigenvalue weighted by molar-refractivity contribution is 5.96. The Hall–Kier alpha value is -1.40. The normalized spacial score (nSPS) is 11.9. The number of amidine groups is 1. The van der Waals surface area contributed by atoms with Gasteiger partial charge in [-0.1, -0.05) is 6.92 Å². The summed E-state index contributed by atoms with van der Waals surface area (Å²) in [6.45, 7) is 3.20. The van der Waals surface area contributed by atoms with Crippen LogP contribution in [-0.2, 0) is 18.2 Å². The van der Waals surface area contributed by atoms with Crippen molar-refractivity contribution in [2.75, 3.05) is 20.3 Å². The first-order valence-corrected chi connectivity index (χ1v) is 5.26. The molecule has 6 nitrogen and oxygen atoms in total. The lowest BCUT2D eigenvalue weighted by Gasteiger charge is -2.05. The molecule has 0 amide bonds. The standard InChI is InChI=1S/C10H19N5O/c1-4-8-7-9(15(2)14-8)10(13-11)12-5-6-16-3/h7H,4-6,11H2,1-3H3,(H,12,13). The van der Waals surface area contributed by atoms with Gasteiger partial charge in [0, 0.05) is 14.2 Å². The van der Waals surface area contributed by atoms with E-state index in [0.717, 1.165) is 17.8 Å². The number of ether oxygens (including phenoxy) is 1. The van der Waals surface area contributed by atoms with Gasteiger partial charge in [0.1, 0.15) is 5.69 Å². The molecule has 3 N–H and O–H groups in total. The molecule has 90 valence electrons. The maximum absolute atomic E-state index is 5.44. The predicted molar refractivity (Wildman–Crippen MR) is 63.2 cm³/mol. The zero-order valence-corrected chi connectivity index (χ0v) is 10.0. The maximum atomic E-state index is 5.44. The smallest absolute Gasteiger partial charge is 0.161 e. The van der Waals surface area contributed by atoms with E-state index in [1.165, 1.54) is 0 Å². The second-order valence-electron chi connectivity index (χ2n) is 3.37. The van der Waals surface area contributed by atoms with E-state index in [-0.39, 0.29) is 0 Å². The van der Waals surface area contributed by atoms with Crippen LogP contribution in [0, 0.1) is 0 Å². The predicted octanol–water partition coefficient (Wildman–Crippen LogP) is -0.161. The minimum Gasteiger partial charge on any atom is -0.383 e. The van der Waals surface area contributed by atoms with Crippen LogP contribution in [0.25, 0.3) is 0 Å². The fraction of sp³-hybridized carbons (Fsp3) is 0.600. The summed E-state index contributed by atoms with van der Waals surface area (Å²) in [7, 11) is 3.52. The van der Waals surface area contributed by atoms with Crippen molar-refractivity contribution in [3.05, 3.63) is 17.5 Å². The fourth-order valence-corrected chi connectivity index (χ4v) is 1.37. The van der Waals surface area contributed by atoms with Crippen LogP contribution in [-0.4, -0.2) is 35.9 Å². The Morgan fingerprint density at radius 3 is 2.94 bits per heavy atom. The van der Waals surface area contributed by atoms with Gasteiger partial charge >= 0.3 is 0 Å². The molecule has 0 bridgehead atoms.